The van der Waals surface area contributed by atoms with Crippen molar-refractivity contribution in [1.29, 1.82) is 5.26 Å². The van der Waals surface area contributed by atoms with E-state index in [0.717, 1.165) is 6.42 Å². The summed E-state index contributed by atoms with van der Waals surface area (Å²) in [6.07, 6.45) is 1.46. The van der Waals surface area contributed by atoms with Gasteiger partial charge in [-0.1, -0.05) is 0 Å². The number of benzene rings is 1. The predicted molar refractivity (Wildman–Crippen MR) is 77.6 cm³/mol. The second kappa shape index (κ2) is 5.38. The number of piperidine rings is 1. The lowest BCUT2D eigenvalue weighted by atomic mass is 9.94. The molecule has 20 heavy (non-hydrogen) atoms. The number of anilines is 1. The van der Waals surface area contributed by atoms with E-state index in [9.17, 15) is 20.5 Å². The summed E-state index contributed by atoms with van der Waals surface area (Å²) in [5.41, 5.74) is -0.0693. The van der Waals surface area contributed by atoms with Gasteiger partial charge in [0.05, 0.1) is 21.8 Å². The lowest BCUT2D eigenvalue weighted by Gasteiger charge is -2.38. The third-order valence-corrected chi connectivity index (χ3v) is 4.02. The maximum Gasteiger partial charge on any atom is 0.272 e. The molecule has 1 heterocycles. The molecule has 1 saturated heterocycles. The minimum Gasteiger partial charge on any atom is -0.388 e. The van der Waals surface area contributed by atoms with Crippen LogP contribution in [-0.4, -0.2) is 28.7 Å². The van der Waals surface area contributed by atoms with Crippen molar-refractivity contribution in [3.63, 3.8) is 0 Å². The molecule has 1 aliphatic rings. The molecule has 106 valence electrons. The summed E-state index contributed by atoms with van der Waals surface area (Å²) in [6, 6.07) is 4.78. The van der Waals surface area contributed by atoms with Crippen molar-refractivity contribution >= 4 is 27.3 Å². The average Bonchev–Trinajstić information content (AvgIpc) is 2.36. The number of rotatable bonds is 2. The Morgan fingerprint density at radius 3 is 2.85 bits per heavy atom. The van der Waals surface area contributed by atoms with Crippen molar-refractivity contribution in [3.05, 3.63) is 32.3 Å². The van der Waals surface area contributed by atoms with E-state index in [-0.39, 0.29) is 5.69 Å². The van der Waals surface area contributed by atoms with Gasteiger partial charge in [-0.05, 0) is 35.7 Å². The van der Waals surface area contributed by atoms with Gasteiger partial charge in [0.2, 0.25) is 0 Å². The highest BCUT2D eigenvalue weighted by Crippen LogP contribution is 2.35. The zero-order valence-corrected chi connectivity index (χ0v) is 12.6. The first-order chi connectivity index (χ1) is 9.34. The van der Waals surface area contributed by atoms with Gasteiger partial charge in [0, 0.05) is 29.7 Å². The SMILES string of the molecule is CC1(O)CCCN(c2cc([N+](=O)[O-])cc(Br)c2C#N)C1. The fourth-order valence-corrected chi connectivity index (χ4v) is 3.00. The van der Waals surface area contributed by atoms with Crippen molar-refractivity contribution in [2.45, 2.75) is 25.4 Å². The normalized spacial score (nSPS) is 22.4. The van der Waals surface area contributed by atoms with Gasteiger partial charge in [0.1, 0.15) is 6.07 Å². The molecule has 0 saturated carbocycles. The summed E-state index contributed by atoms with van der Waals surface area (Å²) >= 11 is 3.21. The standard InChI is InChI=1S/C13H14BrN3O3/c1-13(18)3-2-4-16(8-13)12-6-9(17(19)20)5-11(14)10(12)7-15/h5-6,18H,2-4,8H2,1H3. The molecule has 1 aromatic carbocycles. The fraction of sp³-hybridized carbons (Fsp3) is 0.462. The van der Waals surface area contributed by atoms with E-state index in [1.807, 2.05) is 4.90 Å². The van der Waals surface area contributed by atoms with Crippen LogP contribution in [0.2, 0.25) is 0 Å². The average molecular weight is 340 g/mol. The summed E-state index contributed by atoms with van der Waals surface area (Å²) < 4.78 is 0.398. The Bertz CT molecular complexity index is 595. The molecule has 0 spiro atoms. The molecule has 1 atom stereocenters. The van der Waals surface area contributed by atoms with Gasteiger partial charge in [-0.15, -0.1) is 0 Å². The number of aliphatic hydroxyl groups is 1. The topological polar surface area (TPSA) is 90.4 Å². The second-order valence-electron chi connectivity index (χ2n) is 5.21. The van der Waals surface area contributed by atoms with Crippen molar-refractivity contribution in [3.8, 4) is 6.07 Å². The van der Waals surface area contributed by atoms with E-state index in [4.69, 9.17) is 0 Å². The largest absolute Gasteiger partial charge is 0.388 e. The van der Waals surface area contributed by atoms with Crippen molar-refractivity contribution < 1.29 is 10.0 Å². The summed E-state index contributed by atoms with van der Waals surface area (Å²) in [7, 11) is 0. The minimum absolute atomic E-state index is 0.0731. The molecule has 0 aromatic heterocycles. The summed E-state index contributed by atoms with van der Waals surface area (Å²) in [6.45, 7) is 2.76. The summed E-state index contributed by atoms with van der Waals surface area (Å²) in [4.78, 5) is 12.3. The van der Waals surface area contributed by atoms with E-state index in [1.165, 1.54) is 12.1 Å². The Labute approximate surface area is 124 Å². The zero-order valence-electron chi connectivity index (χ0n) is 11.0. The van der Waals surface area contributed by atoms with Gasteiger partial charge >= 0.3 is 0 Å². The highest BCUT2D eigenvalue weighted by Gasteiger charge is 2.30. The van der Waals surface area contributed by atoms with Gasteiger partial charge < -0.3 is 10.0 Å². The maximum atomic E-state index is 10.9. The zero-order chi connectivity index (χ0) is 14.9. The number of nitro groups is 1. The molecule has 1 aliphatic heterocycles. The molecule has 6 nitrogen and oxygen atoms in total. The third kappa shape index (κ3) is 2.92. The summed E-state index contributed by atoms with van der Waals surface area (Å²) in [5, 5.41) is 30.3. The predicted octanol–water partition coefficient (Wildman–Crippen LogP) is 2.58. The lowest BCUT2D eigenvalue weighted by Crippen LogP contribution is -2.46. The number of hydrogen-bond acceptors (Lipinski definition) is 5. The molecule has 1 N–H and O–H groups in total. The van der Waals surface area contributed by atoms with Crippen LogP contribution < -0.4 is 4.90 Å². The Morgan fingerprint density at radius 1 is 1.60 bits per heavy atom. The molecule has 2 rings (SSSR count). The molecule has 1 unspecified atom stereocenters. The van der Waals surface area contributed by atoms with Crippen molar-refractivity contribution in [2.75, 3.05) is 18.0 Å². The first-order valence-electron chi connectivity index (χ1n) is 6.19. The van der Waals surface area contributed by atoms with Gasteiger partial charge in [0.15, 0.2) is 0 Å². The van der Waals surface area contributed by atoms with E-state index in [2.05, 4.69) is 22.0 Å². The van der Waals surface area contributed by atoms with Crippen LogP contribution in [0.1, 0.15) is 25.3 Å². The highest BCUT2D eigenvalue weighted by molar-refractivity contribution is 9.10. The second-order valence-corrected chi connectivity index (χ2v) is 6.07. The molecular weight excluding hydrogens is 326 g/mol. The first kappa shape index (κ1) is 14.8. The number of hydrogen-bond donors (Lipinski definition) is 1. The number of nitriles is 1. The Hall–Kier alpha value is -1.65. The number of halogens is 1. The molecule has 0 aliphatic carbocycles. The van der Waals surface area contributed by atoms with Crippen LogP contribution in [0.15, 0.2) is 16.6 Å². The molecule has 0 radical (unpaired) electrons. The quantitative estimate of drug-likeness (QED) is 0.660. The van der Waals surface area contributed by atoms with Crippen molar-refractivity contribution in [1.82, 2.24) is 0 Å². The number of nitro benzene ring substituents is 1. The Kier molecular flexibility index (Phi) is 3.97. The minimum atomic E-state index is -0.845. The smallest absolute Gasteiger partial charge is 0.272 e. The molecular formula is C13H14BrN3O3. The van der Waals surface area contributed by atoms with E-state index in [1.54, 1.807) is 6.92 Å². The van der Waals surface area contributed by atoms with Crippen molar-refractivity contribution in [2.24, 2.45) is 0 Å². The number of β-amino-alcohol motifs (C(OH)–C–C–N with tert-alkyl or cyclic N) is 1. The van der Waals surface area contributed by atoms with Crippen LogP contribution in [0.4, 0.5) is 11.4 Å². The Balaban J connectivity index is 2.49. The van der Waals surface area contributed by atoms with Crippen LogP contribution in [0.3, 0.4) is 0 Å². The monoisotopic (exact) mass is 339 g/mol. The molecule has 7 heteroatoms. The van der Waals surface area contributed by atoms with E-state index in [0.29, 0.717) is 35.2 Å². The number of non-ortho nitro benzene ring substituents is 1. The van der Waals surface area contributed by atoms with Crippen LogP contribution in [0.5, 0.6) is 0 Å². The van der Waals surface area contributed by atoms with E-state index < -0.39 is 10.5 Å². The van der Waals surface area contributed by atoms with E-state index >= 15 is 0 Å². The van der Waals surface area contributed by atoms with Crippen LogP contribution in [0, 0.1) is 21.4 Å². The van der Waals surface area contributed by atoms with Gasteiger partial charge in [-0.2, -0.15) is 5.26 Å². The fourth-order valence-electron chi connectivity index (χ4n) is 2.47. The highest BCUT2D eigenvalue weighted by atomic mass is 79.9. The van der Waals surface area contributed by atoms with Gasteiger partial charge in [-0.25, -0.2) is 0 Å². The van der Waals surface area contributed by atoms with Gasteiger partial charge in [0.25, 0.3) is 5.69 Å². The molecule has 1 fully saturated rings. The Morgan fingerprint density at radius 2 is 2.30 bits per heavy atom. The van der Waals surface area contributed by atoms with Crippen LogP contribution >= 0.6 is 15.9 Å². The van der Waals surface area contributed by atoms with Crippen LogP contribution in [0.25, 0.3) is 0 Å². The molecule has 0 amide bonds. The van der Waals surface area contributed by atoms with Crippen LogP contribution in [-0.2, 0) is 0 Å². The first-order valence-corrected chi connectivity index (χ1v) is 6.99. The lowest BCUT2D eigenvalue weighted by molar-refractivity contribution is -0.384. The maximum absolute atomic E-state index is 10.9. The molecule has 1 aromatic rings. The molecule has 0 bridgehead atoms. The number of nitrogens with zero attached hydrogens (tertiary/aromatic N) is 3. The summed E-state index contributed by atoms with van der Waals surface area (Å²) in [5.74, 6) is 0. The third-order valence-electron chi connectivity index (χ3n) is 3.39. The van der Waals surface area contributed by atoms with Gasteiger partial charge in [-0.3, -0.25) is 10.1 Å².